The molecule has 0 unspecified atom stereocenters. The third-order valence-electron chi connectivity index (χ3n) is 3.17. The van der Waals surface area contributed by atoms with Gasteiger partial charge < -0.3 is 15.2 Å². The maximum Gasteiger partial charge on any atom is 0.292 e. The zero-order valence-corrected chi connectivity index (χ0v) is 9.61. The molecule has 1 atom stereocenters. The molecule has 1 aromatic rings. The first-order valence-corrected chi connectivity index (χ1v) is 6.21. The Morgan fingerprint density at radius 1 is 1.35 bits per heavy atom. The van der Waals surface area contributed by atoms with E-state index in [1.54, 1.807) is 0 Å². The Kier molecular flexibility index (Phi) is 2.80. The molecule has 3 rings (SSSR count). The molecule has 1 amide bonds. The van der Waals surface area contributed by atoms with Crippen molar-refractivity contribution in [3.05, 3.63) is 11.7 Å². The van der Waals surface area contributed by atoms with Gasteiger partial charge in [0.25, 0.3) is 11.7 Å². The van der Waals surface area contributed by atoms with E-state index in [1.807, 2.05) is 0 Å². The second-order valence-electron chi connectivity index (χ2n) is 4.71. The number of nitrogens with zero attached hydrogens (tertiary/aromatic N) is 2. The number of rotatable bonds is 3. The largest absolute Gasteiger partial charge is 0.346 e. The van der Waals surface area contributed by atoms with E-state index in [1.165, 1.54) is 6.42 Å². The third-order valence-corrected chi connectivity index (χ3v) is 3.17. The number of hydrogen-bond acceptors (Lipinski definition) is 5. The zero-order valence-electron chi connectivity index (χ0n) is 9.61. The summed E-state index contributed by atoms with van der Waals surface area (Å²) < 4.78 is 5.14. The van der Waals surface area contributed by atoms with Crippen LogP contribution in [-0.2, 0) is 0 Å². The molecule has 0 aromatic carbocycles. The lowest BCUT2D eigenvalue weighted by atomic mass is 10.1. The lowest BCUT2D eigenvalue weighted by Crippen LogP contribution is -2.28. The molecule has 92 valence electrons. The van der Waals surface area contributed by atoms with Gasteiger partial charge in [-0.05, 0) is 32.2 Å². The van der Waals surface area contributed by atoms with Crippen molar-refractivity contribution in [2.45, 2.75) is 44.2 Å². The van der Waals surface area contributed by atoms with Crippen LogP contribution in [0.4, 0.5) is 0 Å². The first kappa shape index (κ1) is 10.7. The van der Waals surface area contributed by atoms with Gasteiger partial charge in [-0.25, -0.2) is 0 Å². The van der Waals surface area contributed by atoms with Crippen LogP contribution in [0.3, 0.4) is 0 Å². The molecule has 1 aromatic heterocycles. The van der Waals surface area contributed by atoms with E-state index in [0.717, 1.165) is 32.2 Å². The average Bonchev–Trinajstić information content (AvgIpc) is 3.04. The number of nitrogens with one attached hydrogen (secondary N) is 2. The summed E-state index contributed by atoms with van der Waals surface area (Å²) in [5, 5.41) is 9.89. The van der Waals surface area contributed by atoms with Crippen molar-refractivity contribution < 1.29 is 9.32 Å². The third kappa shape index (κ3) is 2.46. The number of aromatic nitrogens is 2. The predicted molar refractivity (Wildman–Crippen MR) is 59.4 cm³/mol. The molecule has 1 aliphatic carbocycles. The maximum atomic E-state index is 11.7. The summed E-state index contributed by atoms with van der Waals surface area (Å²) in [6, 6.07) is 0.427. The highest BCUT2D eigenvalue weighted by Gasteiger charge is 2.27. The molecule has 6 heteroatoms. The van der Waals surface area contributed by atoms with Crippen molar-refractivity contribution in [1.29, 1.82) is 0 Å². The number of carbonyl (C=O) groups is 1. The SMILES string of the molecule is O=C(NC1CC1)c1noc([C@@H]2CCCCN2)n1. The lowest BCUT2D eigenvalue weighted by molar-refractivity contribution is 0.0937. The predicted octanol–water partition coefficient (Wildman–Crippen LogP) is 0.776. The van der Waals surface area contributed by atoms with Crippen molar-refractivity contribution in [3.8, 4) is 0 Å². The highest BCUT2D eigenvalue weighted by Crippen LogP contribution is 2.22. The quantitative estimate of drug-likeness (QED) is 0.810. The Hall–Kier alpha value is -1.43. The van der Waals surface area contributed by atoms with Crippen LogP contribution in [0.5, 0.6) is 0 Å². The van der Waals surface area contributed by atoms with Gasteiger partial charge in [-0.1, -0.05) is 11.6 Å². The van der Waals surface area contributed by atoms with Crippen LogP contribution < -0.4 is 10.6 Å². The van der Waals surface area contributed by atoms with E-state index in [4.69, 9.17) is 4.52 Å². The molecule has 0 bridgehead atoms. The van der Waals surface area contributed by atoms with Gasteiger partial charge in [0, 0.05) is 6.04 Å². The summed E-state index contributed by atoms with van der Waals surface area (Å²) in [6.45, 7) is 0.969. The minimum Gasteiger partial charge on any atom is -0.346 e. The molecule has 6 nitrogen and oxygen atoms in total. The van der Waals surface area contributed by atoms with Crippen LogP contribution in [0.15, 0.2) is 4.52 Å². The van der Waals surface area contributed by atoms with Crippen LogP contribution in [0.2, 0.25) is 0 Å². The van der Waals surface area contributed by atoms with E-state index >= 15 is 0 Å². The highest BCUT2D eigenvalue weighted by atomic mass is 16.5. The van der Waals surface area contributed by atoms with Crippen LogP contribution in [-0.4, -0.2) is 28.6 Å². The summed E-state index contributed by atoms with van der Waals surface area (Å²) in [4.78, 5) is 15.8. The van der Waals surface area contributed by atoms with Gasteiger partial charge >= 0.3 is 0 Å². The van der Waals surface area contributed by atoms with Gasteiger partial charge in [0.1, 0.15) is 0 Å². The first-order chi connectivity index (χ1) is 8.33. The summed E-state index contributed by atoms with van der Waals surface area (Å²) in [7, 11) is 0. The van der Waals surface area contributed by atoms with Crippen LogP contribution in [0.25, 0.3) is 0 Å². The van der Waals surface area contributed by atoms with Crippen molar-refractivity contribution in [2.24, 2.45) is 0 Å². The molecule has 0 spiro atoms. The normalized spacial score (nSPS) is 24.6. The van der Waals surface area contributed by atoms with Crippen LogP contribution >= 0.6 is 0 Å². The van der Waals surface area contributed by atoms with Crippen molar-refractivity contribution >= 4 is 5.91 Å². The van der Waals surface area contributed by atoms with Crippen molar-refractivity contribution in [2.75, 3.05) is 6.54 Å². The Labute approximate surface area is 99.2 Å². The average molecular weight is 236 g/mol. The topological polar surface area (TPSA) is 80.0 Å². The van der Waals surface area contributed by atoms with Gasteiger partial charge in [0.2, 0.25) is 5.89 Å². The second-order valence-corrected chi connectivity index (χ2v) is 4.71. The molecule has 2 N–H and O–H groups in total. The molecule has 0 radical (unpaired) electrons. The van der Waals surface area contributed by atoms with Crippen molar-refractivity contribution in [3.63, 3.8) is 0 Å². The minimum atomic E-state index is -0.224. The van der Waals surface area contributed by atoms with Crippen LogP contribution in [0.1, 0.15) is 54.7 Å². The fourth-order valence-electron chi connectivity index (χ4n) is 2.01. The molecule has 1 saturated heterocycles. The standard InChI is InChI=1S/C11H16N4O2/c16-10(13-7-4-5-7)9-14-11(17-15-9)8-3-1-2-6-12-8/h7-8,12H,1-6H2,(H,13,16)/t8-/m0/s1. The van der Waals surface area contributed by atoms with Gasteiger partial charge in [0.15, 0.2) is 0 Å². The minimum absolute atomic E-state index is 0.110. The molecular formula is C11H16N4O2. The molecule has 1 saturated carbocycles. The molecular weight excluding hydrogens is 220 g/mol. The van der Waals surface area contributed by atoms with Gasteiger partial charge in [-0.2, -0.15) is 4.98 Å². The number of piperidine rings is 1. The number of amides is 1. The van der Waals surface area contributed by atoms with Gasteiger partial charge in [0.05, 0.1) is 6.04 Å². The fourth-order valence-corrected chi connectivity index (χ4v) is 2.01. The fraction of sp³-hybridized carbons (Fsp3) is 0.727. The van der Waals surface area contributed by atoms with Gasteiger partial charge in [-0.15, -0.1) is 0 Å². The van der Waals surface area contributed by atoms with E-state index in [0.29, 0.717) is 11.9 Å². The Bertz CT molecular complexity index is 407. The maximum absolute atomic E-state index is 11.7. The summed E-state index contributed by atoms with van der Waals surface area (Å²) in [5.41, 5.74) is 0. The second kappa shape index (κ2) is 4.44. The molecule has 2 fully saturated rings. The van der Waals surface area contributed by atoms with E-state index < -0.39 is 0 Å². The molecule has 1 aliphatic heterocycles. The Morgan fingerprint density at radius 3 is 2.94 bits per heavy atom. The Morgan fingerprint density at radius 2 is 2.24 bits per heavy atom. The van der Waals surface area contributed by atoms with Crippen molar-refractivity contribution in [1.82, 2.24) is 20.8 Å². The van der Waals surface area contributed by atoms with E-state index in [9.17, 15) is 4.79 Å². The lowest BCUT2D eigenvalue weighted by Gasteiger charge is -2.19. The van der Waals surface area contributed by atoms with E-state index in [-0.39, 0.29) is 17.8 Å². The summed E-state index contributed by atoms with van der Waals surface area (Å²) >= 11 is 0. The van der Waals surface area contributed by atoms with Crippen LogP contribution in [0, 0.1) is 0 Å². The van der Waals surface area contributed by atoms with E-state index in [2.05, 4.69) is 20.8 Å². The molecule has 17 heavy (non-hydrogen) atoms. The number of carbonyl (C=O) groups excluding carboxylic acids is 1. The molecule has 2 heterocycles. The smallest absolute Gasteiger partial charge is 0.292 e. The monoisotopic (exact) mass is 236 g/mol. The first-order valence-electron chi connectivity index (χ1n) is 6.21. The summed E-state index contributed by atoms with van der Waals surface area (Å²) in [5.74, 6) is 0.461. The highest BCUT2D eigenvalue weighted by molar-refractivity contribution is 5.90. The Balaban J connectivity index is 1.65. The van der Waals surface area contributed by atoms with Gasteiger partial charge in [-0.3, -0.25) is 4.79 Å². The zero-order chi connectivity index (χ0) is 11.7. The molecule has 2 aliphatic rings. The summed E-state index contributed by atoms with van der Waals surface area (Å²) in [6.07, 6.45) is 5.44. The number of hydrogen-bond donors (Lipinski definition) is 2.